The number of carbonyl (C=O) groups is 2. The molecule has 0 saturated heterocycles. The van der Waals surface area contributed by atoms with Crippen LogP contribution in [0, 0.1) is 0 Å². The van der Waals surface area contributed by atoms with Gasteiger partial charge in [-0.05, 0) is 51.5 Å². The molecule has 1 unspecified atom stereocenters. The van der Waals surface area contributed by atoms with Gasteiger partial charge in [0.15, 0.2) is 0 Å². The van der Waals surface area contributed by atoms with E-state index in [2.05, 4.69) is 0 Å². The predicted molar refractivity (Wildman–Crippen MR) is 117 cm³/mol. The lowest BCUT2D eigenvalue weighted by molar-refractivity contribution is -0.133. The van der Waals surface area contributed by atoms with Gasteiger partial charge in [-0.1, -0.05) is 30.3 Å². The lowest BCUT2D eigenvalue weighted by Crippen LogP contribution is -2.36. The number of likely N-dealkylation sites (N-methyl/N-ethyl adjacent to an activating group) is 1. The maximum Gasteiger partial charge on any atom is 0.410 e. The molecular weight excluding hydrogens is 398 g/mol. The molecule has 168 valence electrons. The largest absolute Gasteiger partial charge is 0.494 e. The van der Waals surface area contributed by atoms with E-state index in [1.54, 1.807) is 52.1 Å². The number of carbonyl (C=O) groups excluding carboxylic acids is 2. The Kier molecular flexibility index (Phi) is 8.45. The standard InChI is InChI=1S/C24H31NO6/c1-6-29-21-10-8-7-9-18(21)15-22(27)30-19-13-11-17(12-14-19)20(26)16-25(5)23(28)31-24(2,3)4/h7-14,20,26H,6,15-16H2,1-5H3. The van der Waals surface area contributed by atoms with Gasteiger partial charge in [0.25, 0.3) is 0 Å². The van der Waals surface area contributed by atoms with Crippen LogP contribution in [-0.4, -0.2) is 47.9 Å². The minimum atomic E-state index is -0.902. The molecule has 0 heterocycles. The third-order valence-corrected chi connectivity index (χ3v) is 4.26. The normalized spacial score (nSPS) is 12.1. The highest BCUT2D eigenvalue weighted by atomic mass is 16.6. The van der Waals surface area contributed by atoms with Crippen LogP contribution >= 0.6 is 0 Å². The van der Waals surface area contributed by atoms with Gasteiger partial charge in [0, 0.05) is 12.6 Å². The second kappa shape index (κ2) is 10.8. The maximum atomic E-state index is 12.3. The maximum absolute atomic E-state index is 12.3. The Labute approximate surface area is 183 Å². The van der Waals surface area contributed by atoms with Crippen molar-refractivity contribution in [2.45, 2.75) is 45.8 Å². The Balaban J connectivity index is 1.92. The second-order valence-electron chi connectivity index (χ2n) is 8.14. The molecule has 2 aromatic rings. The predicted octanol–water partition coefficient (Wildman–Crippen LogP) is 4.13. The van der Waals surface area contributed by atoms with Crippen molar-refractivity contribution in [3.8, 4) is 11.5 Å². The molecule has 1 amide bonds. The lowest BCUT2D eigenvalue weighted by Gasteiger charge is -2.26. The number of nitrogens with zero attached hydrogens (tertiary/aromatic N) is 1. The summed E-state index contributed by atoms with van der Waals surface area (Å²) in [4.78, 5) is 25.7. The van der Waals surface area contributed by atoms with Crippen molar-refractivity contribution in [1.29, 1.82) is 0 Å². The average Bonchev–Trinajstić information content (AvgIpc) is 2.68. The molecular formula is C24H31NO6. The van der Waals surface area contributed by atoms with Crippen LogP contribution in [0.25, 0.3) is 0 Å². The summed E-state index contributed by atoms with van der Waals surface area (Å²) in [7, 11) is 1.56. The van der Waals surface area contributed by atoms with E-state index < -0.39 is 23.8 Å². The van der Waals surface area contributed by atoms with Crippen molar-refractivity contribution >= 4 is 12.1 Å². The van der Waals surface area contributed by atoms with Gasteiger partial charge in [-0.25, -0.2) is 4.79 Å². The number of hydrogen-bond acceptors (Lipinski definition) is 6. The van der Waals surface area contributed by atoms with Crippen LogP contribution in [0.5, 0.6) is 11.5 Å². The van der Waals surface area contributed by atoms with Crippen molar-refractivity contribution in [3.63, 3.8) is 0 Å². The molecule has 0 aromatic heterocycles. The van der Waals surface area contributed by atoms with Crippen molar-refractivity contribution in [1.82, 2.24) is 4.90 Å². The highest BCUT2D eigenvalue weighted by Crippen LogP contribution is 2.22. The Morgan fingerprint density at radius 3 is 2.32 bits per heavy atom. The Bertz CT molecular complexity index is 872. The average molecular weight is 430 g/mol. The first-order chi connectivity index (χ1) is 14.6. The molecule has 0 spiro atoms. The first kappa shape index (κ1) is 24.2. The van der Waals surface area contributed by atoms with E-state index in [9.17, 15) is 14.7 Å². The highest BCUT2D eigenvalue weighted by Gasteiger charge is 2.22. The molecule has 0 fully saturated rings. The molecule has 0 aliphatic rings. The van der Waals surface area contributed by atoms with E-state index in [1.807, 2.05) is 31.2 Å². The van der Waals surface area contributed by atoms with Crippen LogP contribution in [0.1, 0.15) is 44.9 Å². The van der Waals surface area contributed by atoms with Crippen LogP contribution < -0.4 is 9.47 Å². The zero-order valence-electron chi connectivity index (χ0n) is 18.8. The number of aliphatic hydroxyl groups excluding tert-OH is 1. The number of rotatable bonds is 8. The van der Waals surface area contributed by atoms with Gasteiger partial charge >= 0.3 is 12.1 Å². The number of ether oxygens (including phenoxy) is 3. The van der Waals surface area contributed by atoms with Crippen molar-refractivity contribution in [2.75, 3.05) is 20.2 Å². The van der Waals surface area contributed by atoms with Gasteiger partial charge in [0.05, 0.1) is 25.7 Å². The van der Waals surface area contributed by atoms with Gasteiger partial charge in [-0.15, -0.1) is 0 Å². The zero-order chi connectivity index (χ0) is 23.0. The first-order valence-corrected chi connectivity index (χ1v) is 10.2. The monoisotopic (exact) mass is 429 g/mol. The molecule has 1 N–H and O–H groups in total. The molecule has 0 aliphatic heterocycles. The minimum absolute atomic E-state index is 0.0717. The summed E-state index contributed by atoms with van der Waals surface area (Å²) in [6.45, 7) is 7.82. The van der Waals surface area contributed by atoms with E-state index in [1.165, 1.54) is 4.90 Å². The first-order valence-electron chi connectivity index (χ1n) is 10.2. The number of hydrogen-bond donors (Lipinski definition) is 1. The lowest BCUT2D eigenvalue weighted by atomic mass is 10.1. The van der Waals surface area contributed by atoms with Gasteiger partial charge in [0.2, 0.25) is 0 Å². The quantitative estimate of drug-likeness (QED) is 0.502. The molecule has 0 saturated carbocycles. The fourth-order valence-corrected chi connectivity index (χ4v) is 2.81. The highest BCUT2D eigenvalue weighted by molar-refractivity contribution is 5.76. The van der Waals surface area contributed by atoms with E-state index in [-0.39, 0.29) is 13.0 Å². The summed E-state index contributed by atoms with van der Waals surface area (Å²) >= 11 is 0. The Morgan fingerprint density at radius 1 is 1.06 bits per heavy atom. The number of aliphatic hydroxyl groups is 1. The smallest absolute Gasteiger partial charge is 0.410 e. The fourth-order valence-electron chi connectivity index (χ4n) is 2.81. The van der Waals surface area contributed by atoms with Gasteiger partial charge in [-0.3, -0.25) is 4.79 Å². The van der Waals surface area contributed by atoms with Gasteiger partial charge < -0.3 is 24.2 Å². The van der Waals surface area contributed by atoms with Crippen LogP contribution in [-0.2, 0) is 16.0 Å². The van der Waals surface area contributed by atoms with E-state index in [0.29, 0.717) is 23.7 Å². The Hall–Kier alpha value is -3.06. The number of esters is 1. The summed E-state index contributed by atoms with van der Waals surface area (Å²) in [5, 5.41) is 10.4. The fraction of sp³-hybridized carbons (Fsp3) is 0.417. The zero-order valence-corrected chi connectivity index (χ0v) is 18.8. The molecule has 2 rings (SSSR count). The summed E-state index contributed by atoms with van der Waals surface area (Å²) in [5.74, 6) is 0.620. The third kappa shape index (κ3) is 7.94. The van der Waals surface area contributed by atoms with E-state index >= 15 is 0 Å². The molecule has 2 aromatic carbocycles. The van der Waals surface area contributed by atoms with Crippen LogP contribution in [0.4, 0.5) is 4.79 Å². The summed E-state index contributed by atoms with van der Waals surface area (Å²) in [5.41, 5.74) is 0.744. The number of para-hydroxylation sites is 1. The minimum Gasteiger partial charge on any atom is -0.494 e. The molecule has 7 heteroatoms. The molecule has 1 atom stereocenters. The molecule has 31 heavy (non-hydrogen) atoms. The summed E-state index contributed by atoms with van der Waals surface area (Å²) < 4.78 is 16.2. The van der Waals surface area contributed by atoms with E-state index in [0.717, 1.165) is 5.56 Å². The SMILES string of the molecule is CCOc1ccccc1CC(=O)Oc1ccc(C(O)CN(C)C(=O)OC(C)(C)C)cc1. The van der Waals surface area contributed by atoms with Crippen LogP contribution in [0.3, 0.4) is 0 Å². The molecule has 0 aliphatic carbocycles. The molecule has 0 bridgehead atoms. The van der Waals surface area contributed by atoms with Crippen molar-refractivity contribution in [3.05, 3.63) is 59.7 Å². The van der Waals surface area contributed by atoms with Crippen LogP contribution in [0.15, 0.2) is 48.5 Å². The van der Waals surface area contributed by atoms with Gasteiger partial charge in [-0.2, -0.15) is 0 Å². The summed E-state index contributed by atoms with van der Waals surface area (Å²) in [6, 6.07) is 13.9. The third-order valence-electron chi connectivity index (χ3n) is 4.26. The number of benzene rings is 2. The van der Waals surface area contributed by atoms with Crippen LogP contribution in [0.2, 0.25) is 0 Å². The second-order valence-corrected chi connectivity index (χ2v) is 8.14. The summed E-state index contributed by atoms with van der Waals surface area (Å²) in [6.07, 6.45) is -1.33. The Morgan fingerprint density at radius 2 is 1.71 bits per heavy atom. The molecule has 7 nitrogen and oxygen atoms in total. The van der Waals surface area contributed by atoms with Crippen molar-refractivity contribution < 1.29 is 28.9 Å². The van der Waals surface area contributed by atoms with E-state index in [4.69, 9.17) is 14.2 Å². The van der Waals surface area contributed by atoms with Crippen molar-refractivity contribution in [2.24, 2.45) is 0 Å². The topological polar surface area (TPSA) is 85.3 Å². The van der Waals surface area contributed by atoms with Gasteiger partial charge in [0.1, 0.15) is 17.1 Å². The molecule has 0 radical (unpaired) electrons. The number of amides is 1.